The number of halogens is 3. The van der Waals surface area contributed by atoms with Crippen molar-refractivity contribution in [2.75, 3.05) is 19.6 Å². The van der Waals surface area contributed by atoms with Crippen LogP contribution in [0, 0.1) is 5.41 Å². The van der Waals surface area contributed by atoms with Gasteiger partial charge in [-0.25, -0.2) is 0 Å². The summed E-state index contributed by atoms with van der Waals surface area (Å²) in [6.45, 7) is 5.21. The molecule has 20 heavy (non-hydrogen) atoms. The van der Waals surface area contributed by atoms with E-state index in [0.29, 0.717) is 13.1 Å². The summed E-state index contributed by atoms with van der Waals surface area (Å²) in [5.41, 5.74) is 6.09. The smallest absolute Gasteiger partial charge is 0.330 e. The molecule has 5 heteroatoms. The second-order valence-corrected chi connectivity index (χ2v) is 5.99. The van der Waals surface area contributed by atoms with E-state index < -0.39 is 11.7 Å². The maximum atomic E-state index is 12.7. The predicted octanol–water partition coefficient (Wildman–Crippen LogP) is 3.27. The fourth-order valence-corrected chi connectivity index (χ4v) is 2.56. The van der Waals surface area contributed by atoms with Gasteiger partial charge in [0.25, 0.3) is 0 Å². The molecule has 0 saturated carbocycles. The van der Waals surface area contributed by atoms with E-state index in [9.17, 15) is 13.2 Å². The molecular weight excluding hydrogens is 265 g/mol. The quantitative estimate of drug-likeness (QED) is 0.924. The second-order valence-electron chi connectivity index (χ2n) is 5.99. The number of likely N-dealkylation sites (tertiary alicyclic amines) is 1. The topological polar surface area (TPSA) is 29.3 Å². The van der Waals surface area contributed by atoms with Crippen LogP contribution in [-0.4, -0.2) is 24.5 Å². The zero-order chi connectivity index (χ0) is 14.8. The lowest BCUT2D eigenvalue weighted by atomic mass is 9.80. The maximum absolute atomic E-state index is 12.7. The Bertz CT molecular complexity index is 449. The zero-order valence-electron chi connectivity index (χ0n) is 11.7. The van der Waals surface area contributed by atoms with Gasteiger partial charge in [-0.1, -0.05) is 25.1 Å². The average molecular weight is 286 g/mol. The molecule has 1 aromatic carbocycles. The summed E-state index contributed by atoms with van der Waals surface area (Å²) in [7, 11) is 0. The highest BCUT2D eigenvalue weighted by atomic mass is 19.4. The van der Waals surface area contributed by atoms with Crippen molar-refractivity contribution in [1.29, 1.82) is 0 Å². The Labute approximate surface area is 117 Å². The molecule has 2 rings (SSSR count). The molecule has 0 bridgehead atoms. The third-order valence-electron chi connectivity index (χ3n) is 4.22. The minimum absolute atomic E-state index is 0.185. The summed E-state index contributed by atoms with van der Waals surface area (Å²) in [6, 6.07) is 5.60. The molecular formula is C15H21F3N2. The van der Waals surface area contributed by atoms with Crippen molar-refractivity contribution in [1.82, 2.24) is 4.90 Å². The monoisotopic (exact) mass is 286 g/mol. The molecule has 112 valence electrons. The number of hydrogen-bond donors (Lipinski definition) is 1. The van der Waals surface area contributed by atoms with Crippen molar-refractivity contribution in [3.05, 3.63) is 35.4 Å². The first-order valence-corrected chi connectivity index (χ1v) is 6.91. The van der Waals surface area contributed by atoms with E-state index >= 15 is 0 Å². The minimum Gasteiger partial charge on any atom is -0.330 e. The molecule has 1 aliphatic rings. The highest BCUT2D eigenvalue weighted by Crippen LogP contribution is 2.32. The third-order valence-corrected chi connectivity index (χ3v) is 4.22. The number of nitrogens with zero attached hydrogens (tertiary/aromatic N) is 1. The van der Waals surface area contributed by atoms with Gasteiger partial charge in [0.05, 0.1) is 5.56 Å². The SMILES string of the molecule is CC1(CN)CCN(Cc2cccc(C(F)(F)F)c2)CC1. The van der Waals surface area contributed by atoms with Crippen LogP contribution in [0.4, 0.5) is 13.2 Å². The predicted molar refractivity (Wildman–Crippen MR) is 73.1 cm³/mol. The van der Waals surface area contributed by atoms with Crippen LogP contribution in [-0.2, 0) is 12.7 Å². The molecule has 0 radical (unpaired) electrons. The van der Waals surface area contributed by atoms with Gasteiger partial charge < -0.3 is 5.73 Å². The summed E-state index contributed by atoms with van der Waals surface area (Å²) in [5, 5.41) is 0. The van der Waals surface area contributed by atoms with E-state index in [0.717, 1.165) is 37.6 Å². The largest absolute Gasteiger partial charge is 0.416 e. The number of benzene rings is 1. The molecule has 0 aromatic heterocycles. The lowest BCUT2D eigenvalue weighted by Gasteiger charge is -2.38. The van der Waals surface area contributed by atoms with Crippen molar-refractivity contribution in [3.63, 3.8) is 0 Å². The van der Waals surface area contributed by atoms with Gasteiger partial charge in [0.2, 0.25) is 0 Å². The van der Waals surface area contributed by atoms with E-state index in [4.69, 9.17) is 5.73 Å². The number of hydrogen-bond acceptors (Lipinski definition) is 2. The van der Waals surface area contributed by atoms with Crippen molar-refractivity contribution in [2.45, 2.75) is 32.5 Å². The molecule has 1 saturated heterocycles. The first kappa shape index (κ1) is 15.3. The van der Waals surface area contributed by atoms with Crippen molar-refractivity contribution in [3.8, 4) is 0 Å². The summed E-state index contributed by atoms with van der Waals surface area (Å²) >= 11 is 0. The summed E-state index contributed by atoms with van der Waals surface area (Å²) in [6.07, 6.45) is -2.26. The fourth-order valence-electron chi connectivity index (χ4n) is 2.56. The summed E-state index contributed by atoms with van der Waals surface area (Å²) < 4.78 is 38.0. The first-order valence-electron chi connectivity index (χ1n) is 6.91. The molecule has 0 amide bonds. The maximum Gasteiger partial charge on any atom is 0.416 e. The first-order chi connectivity index (χ1) is 9.32. The van der Waals surface area contributed by atoms with Crippen LogP contribution >= 0.6 is 0 Å². The summed E-state index contributed by atoms with van der Waals surface area (Å²) in [5.74, 6) is 0. The van der Waals surface area contributed by atoms with Crippen LogP contribution in [0.15, 0.2) is 24.3 Å². The van der Waals surface area contributed by atoms with Crippen molar-refractivity contribution < 1.29 is 13.2 Å². The van der Waals surface area contributed by atoms with E-state index in [1.807, 2.05) is 0 Å². The van der Waals surface area contributed by atoms with Crippen LogP contribution in [0.5, 0.6) is 0 Å². The van der Waals surface area contributed by atoms with Crippen LogP contribution in [0.25, 0.3) is 0 Å². The van der Waals surface area contributed by atoms with Gasteiger partial charge >= 0.3 is 6.18 Å². The molecule has 1 fully saturated rings. The second kappa shape index (κ2) is 5.74. The lowest BCUT2D eigenvalue weighted by molar-refractivity contribution is -0.137. The molecule has 1 heterocycles. The number of piperidine rings is 1. The lowest BCUT2D eigenvalue weighted by Crippen LogP contribution is -2.41. The van der Waals surface area contributed by atoms with Crippen LogP contribution in [0.2, 0.25) is 0 Å². The van der Waals surface area contributed by atoms with Gasteiger partial charge in [-0.15, -0.1) is 0 Å². The van der Waals surface area contributed by atoms with Crippen LogP contribution < -0.4 is 5.73 Å². The molecule has 0 spiro atoms. The molecule has 0 atom stereocenters. The Balaban J connectivity index is 1.98. The molecule has 2 nitrogen and oxygen atoms in total. The molecule has 0 unspecified atom stereocenters. The van der Waals surface area contributed by atoms with E-state index in [1.165, 1.54) is 12.1 Å². The van der Waals surface area contributed by atoms with E-state index in [1.54, 1.807) is 6.07 Å². The Morgan fingerprint density at radius 3 is 2.45 bits per heavy atom. The van der Waals surface area contributed by atoms with E-state index in [2.05, 4.69) is 11.8 Å². The third kappa shape index (κ3) is 3.73. The van der Waals surface area contributed by atoms with Crippen LogP contribution in [0.3, 0.4) is 0 Å². The van der Waals surface area contributed by atoms with Crippen molar-refractivity contribution >= 4 is 0 Å². The summed E-state index contributed by atoms with van der Waals surface area (Å²) in [4.78, 5) is 2.20. The Morgan fingerprint density at radius 2 is 1.90 bits per heavy atom. The Morgan fingerprint density at radius 1 is 1.25 bits per heavy atom. The average Bonchev–Trinajstić information content (AvgIpc) is 2.41. The number of rotatable bonds is 3. The minimum atomic E-state index is -4.27. The van der Waals surface area contributed by atoms with Gasteiger partial charge in [-0.05, 0) is 49.5 Å². The normalized spacial score (nSPS) is 20.1. The number of nitrogens with two attached hydrogens (primary N) is 1. The Kier molecular flexibility index (Phi) is 4.39. The molecule has 1 aromatic rings. The van der Waals surface area contributed by atoms with Gasteiger partial charge in [0.15, 0.2) is 0 Å². The van der Waals surface area contributed by atoms with Gasteiger partial charge in [-0.2, -0.15) is 13.2 Å². The molecule has 0 aliphatic carbocycles. The number of alkyl halides is 3. The van der Waals surface area contributed by atoms with Gasteiger partial charge in [0.1, 0.15) is 0 Å². The van der Waals surface area contributed by atoms with Crippen LogP contribution in [0.1, 0.15) is 30.9 Å². The zero-order valence-corrected chi connectivity index (χ0v) is 11.7. The van der Waals surface area contributed by atoms with Crippen molar-refractivity contribution in [2.24, 2.45) is 11.1 Å². The molecule has 1 aliphatic heterocycles. The molecule has 2 N–H and O–H groups in total. The standard InChI is InChI=1S/C15H21F3N2/c1-14(11-19)5-7-20(8-6-14)10-12-3-2-4-13(9-12)15(16,17)18/h2-4,9H,5-8,10-11,19H2,1H3. The van der Waals surface area contributed by atoms with Gasteiger partial charge in [0, 0.05) is 6.54 Å². The Hall–Kier alpha value is -1.07. The van der Waals surface area contributed by atoms with E-state index in [-0.39, 0.29) is 5.41 Å². The highest BCUT2D eigenvalue weighted by molar-refractivity contribution is 5.25. The highest BCUT2D eigenvalue weighted by Gasteiger charge is 2.31. The fraction of sp³-hybridized carbons (Fsp3) is 0.600. The van der Waals surface area contributed by atoms with Gasteiger partial charge in [-0.3, -0.25) is 4.90 Å².